The topological polar surface area (TPSA) is 79.6 Å². The lowest BCUT2D eigenvalue weighted by molar-refractivity contribution is 0.0132. The molecule has 9 heteroatoms. The molecule has 0 spiro atoms. The monoisotopic (exact) mass is 505 g/mol. The van der Waals surface area contributed by atoms with Crippen molar-refractivity contribution in [3.8, 4) is 0 Å². The molecule has 0 radical (unpaired) electrons. The summed E-state index contributed by atoms with van der Waals surface area (Å²) in [6, 6.07) is 0.494. The number of aliphatic imine (C=N–C) groups is 1. The highest BCUT2D eigenvalue weighted by molar-refractivity contribution is 14.0. The minimum Gasteiger partial charge on any atom is -0.379 e. The van der Waals surface area contributed by atoms with Crippen LogP contribution in [-0.4, -0.2) is 71.6 Å². The number of halogens is 1. The molecule has 3 heterocycles. The summed E-state index contributed by atoms with van der Waals surface area (Å²) in [5.74, 6) is 3.60. The second-order valence-corrected chi connectivity index (χ2v) is 7.88. The van der Waals surface area contributed by atoms with Crippen molar-refractivity contribution in [2.45, 2.75) is 58.7 Å². The molecule has 1 unspecified atom stereocenters. The van der Waals surface area contributed by atoms with Gasteiger partial charge in [-0.25, -0.2) is 0 Å². The number of nitrogens with zero attached hydrogens (tertiary/aromatic N) is 5. The van der Waals surface area contributed by atoms with E-state index < -0.39 is 0 Å². The van der Waals surface area contributed by atoms with Crippen molar-refractivity contribution in [2.75, 3.05) is 39.9 Å². The van der Waals surface area contributed by atoms with E-state index in [2.05, 4.69) is 49.1 Å². The Hall–Kier alpha value is -0.940. The molecule has 1 atom stereocenters. The number of rotatable bonds is 7. The molecule has 160 valence electrons. The molecule has 8 nitrogen and oxygen atoms in total. The minimum atomic E-state index is 0. The van der Waals surface area contributed by atoms with Gasteiger partial charge in [-0.3, -0.25) is 9.89 Å². The molecule has 0 aromatic carbocycles. The molecule has 28 heavy (non-hydrogen) atoms. The SMILES string of the molecule is CN=C(NCc1nnc2n1CCCC2)NCC(CC(C)C)N1CCOCC1.I. The summed E-state index contributed by atoms with van der Waals surface area (Å²) >= 11 is 0. The lowest BCUT2D eigenvalue weighted by Crippen LogP contribution is -2.51. The van der Waals surface area contributed by atoms with Gasteiger partial charge in [-0.15, -0.1) is 34.2 Å². The van der Waals surface area contributed by atoms with Gasteiger partial charge in [0.1, 0.15) is 5.82 Å². The third kappa shape index (κ3) is 6.55. The zero-order chi connectivity index (χ0) is 19.1. The fourth-order valence-electron chi connectivity index (χ4n) is 3.95. The first-order chi connectivity index (χ1) is 13.2. The van der Waals surface area contributed by atoms with Gasteiger partial charge in [0.05, 0.1) is 19.8 Å². The Bertz CT molecular complexity index is 613. The zero-order valence-electron chi connectivity index (χ0n) is 17.5. The van der Waals surface area contributed by atoms with Crippen LogP contribution in [-0.2, 0) is 24.2 Å². The van der Waals surface area contributed by atoms with Gasteiger partial charge in [0.25, 0.3) is 0 Å². The Morgan fingerprint density at radius 1 is 1.14 bits per heavy atom. The van der Waals surface area contributed by atoms with Gasteiger partial charge in [0.2, 0.25) is 0 Å². The molecule has 1 fully saturated rings. The van der Waals surface area contributed by atoms with Gasteiger partial charge in [-0.05, 0) is 25.2 Å². The van der Waals surface area contributed by atoms with Gasteiger partial charge >= 0.3 is 0 Å². The van der Waals surface area contributed by atoms with Crippen LogP contribution in [0, 0.1) is 5.92 Å². The number of nitrogens with one attached hydrogen (secondary N) is 2. The largest absolute Gasteiger partial charge is 0.379 e. The van der Waals surface area contributed by atoms with Crippen LogP contribution in [0.3, 0.4) is 0 Å². The minimum absolute atomic E-state index is 0. The van der Waals surface area contributed by atoms with Gasteiger partial charge in [0.15, 0.2) is 11.8 Å². The van der Waals surface area contributed by atoms with Crippen LogP contribution in [0.15, 0.2) is 4.99 Å². The summed E-state index contributed by atoms with van der Waals surface area (Å²) < 4.78 is 7.76. The van der Waals surface area contributed by atoms with Crippen molar-refractivity contribution in [1.29, 1.82) is 0 Å². The van der Waals surface area contributed by atoms with Crippen LogP contribution in [0.4, 0.5) is 0 Å². The predicted molar refractivity (Wildman–Crippen MR) is 122 cm³/mol. The number of aryl methyl sites for hydroxylation is 1. The van der Waals surface area contributed by atoms with Crippen molar-refractivity contribution in [2.24, 2.45) is 10.9 Å². The number of fused-ring (bicyclic) bond motifs is 1. The Balaban J connectivity index is 0.00000280. The van der Waals surface area contributed by atoms with Crippen molar-refractivity contribution >= 4 is 29.9 Å². The lowest BCUT2D eigenvalue weighted by atomic mass is 10.0. The van der Waals surface area contributed by atoms with E-state index in [1.807, 2.05) is 7.05 Å². The third-order valence-corrected chi connectivity index (χ3v) is 5.38. The van der Waals surface area contributed by atoms with E-state index in [4.69, 9.17) is 4.74 Å². The Morgan fingerprint density at radius 2 is 1.93 bits per heavy atom. The van der Waals surface area contributed by atoms with Gasteiger partial charge in [0, 0.05) is 45.7 Å². The first-order valence-electron chi connectivity index (χ1n) is 10.3. The fraction of sp³-hybridized carbons (Fsp3) is 0.842. The average molecular weight is 505 g/mol. The molecular weight excluding hydrogens is 469 g/mol. The molecule has 2 aliphatic heterocycles. The lowest BCUT2D eigenvalue weighted by Gasteiger charge is -2.35. The number of hydrogen-bond acceptors (Lipinski definition) is 5. The summed E-state index contributed by atoms with van der Waals surface area (Å²) in [4.78, 5) is 6.93. The van der Waals surface area contributed by atoms with Gasteiger partial charge in [-0.1, -0.05) is 13.8 Å². The standard InChI is InChI=1S/C19H35N7O.HI/c1-15(2)12-16(25-8-10-27-11-9-25)13-21-19(20-3)22-14-18-24-23-17-6-4-5-7-26(17)18;/h15-16H,4-14H2,1-3H3,(H2,20,21,22);1H. The first kappa shape index (κ1) is 23.3. The second-order valence-electron chi connectivity index (χ2n) is 7.88. The van der Waals surface area contributed by atoms with E-state index in [1.54, 1.807) is 0 Å². The van der Waals surface area contributed by atoms with E-state index in [-0.39, 0.29) is 24.0 Å². The molecular formula is C19H36IN7O. The van der Waals surface area contributed by atoms with E-state index in [0.29, 0.717) is 18.5 Å². The van der Waals surface area contributed by atoms with Crippen molar-refractivity contribution in [1.82, 2.24) is 30.3 Å². The summed E-state index contributed by atoms with van der Waals surface area (Å²) in [7, 11) is 1.82. The van der Waals surface area contributed by atoms with Crippen LogP contribution in [0.2, 0.25) is 0 Å². The van der Waals surface area contributed by atoms with Crippen LogP contribution >= 0.6 is 24.0 Å². The molecule has 2 N–H and O–H groups in total. The van der Waals surface area contributed by atoms with Crippen LogP contribution in [0.1, 0.15) is 44.8 Å². The van der Waals surface area contributed by atoms with Crippen LogP contribution < -0.4 is 10.6 Å². The average Bonchev–Trinajstić information content (AvgIpc) is 3.11. The fourth-order valence-corrected chi connectivity index (χ4v) is 3.95. The molecule has 0 saturated carbocycles. The van der Waals surface area contributed by atoms with Crippen molar-refractivity contribution in [3.63, 3.8) is 0 Å². The number of morpholine rings is 1. The maximum absolute atomic E-state index is 5.51. The highest BCUT2D eigenvalue weighted by atomic mass is 127. The van der Waals surface area contributed by atoms with Gasteiger partial charge in [-0.2, -0.15) is 0 Å². The molecule has 0 amide bonds. The Labute approximate surface area is 185 Å². The van der Waals surface area contributed by atoms with E-state index >= 15 is 0 Å². The molecule has 2 aliphatic rings. The zero-order valence-corrected chi connectivity index (χ0v) is 19.8. The van der Waals surface area contributed by atoms with Crippen molar-refractivity contribution < 1.29 is 4.74 Å². The number of ether oxygens (including phenoxy) is 1. The smallest absolute Gasteiger partial charge is 0.191 e. The van der Waals surface area contributed by atoms with E-state index in [0.717, 1.165) is 63.4 Å². The number of guanidine groups is 1. The van der Waals surface area contributed by atoms with Crippen molar-refractivity contribution in [3.05, 3.63) is 11.6 Å². The predicted octanol–water partition coefficient (Wildman–Crippen LogP) is 1.64. The summed E-state index contributed by atoms with van der Waals surface area (Å²) in [6.07, 6.45) is 4.63. The third-order valence-electron chi connectivity index (χ3n) is 5.38. The van der Waals surface area contributed by atoms with E-state index in [9.17, 15) is 0 Å². The normalized spacial score (nSPS) is 19.1. The molecule has 1 aromatic rings. The molecule has 3 rings (SSSR count). The Kier molecular flexibility index (Phi) is 9.93. The highest BCUT2D eigenvalue weighted by Gasteiger charge is 2.22. The number of aromatic nitrogens is 3. The van der Waals surface area contributed by atoms with E-state index in [1.165, 1.54) is 19.3 Å². The highest BCUT2D eigenvalue weighted by Crippen LogP contribution is 2.14. The molecule has 0 aliphatic carbocycles. The number of hydrogen-bond donors (Lipinski definition) is 2. The summed E-state index contributed by atoms with van der Waals surface area (Å²) in [5.41, 5.74) is 0. The molecule has 1 saturated heterocycles. The second kappa shape index (κ2) is 11.9. The molecule has 0 bridgehead atoms. The summed E-state index contributed by atoms with van der Waals surface area (Å²) in [6.45, 7) is 10.8. The van der Waals surface area contributed by atoms with Crippen LogP contribution in [0.5, 0.6) is 0 Å². The molecule has 1 aromatic heterocycles. The Morgan fingerprint density at radius 3 is 2.64 bits per heavy atom. The summed E-state index contributed by atoms with van der Waals surface area (Å²) in [5, 5.41) is 15.6. The quantitative estimate of drug-likeness (QED) is 0.334. The first-order valence-corrected chi connectivity index (χ1v) is 10.3. The van der Waals surface area contributed by atoms with Crippen LogP contribution in [0.25, 0.3) is 0 Å². The maximum atomic E-state index is 5.51. The van der Waals surface area contributed by atoms with Gasteiger partial charge < -0.3 is 19.9 Å². The maximum Gasteiger partial charge on any atom is 0.191 e.